The minimum Gasteiger partial charge on any atom is -0.370 e. The van der Waals surface area contributed by atoms with Crippen molar-refractivity contribution >= 4 is 11.0 Å². The first kappa shape index (κ1) is 11.7. The van der Waals surface area contributed by atoms with Gasteiger partial charge in [-0.15, -0.1) is 0 Å². The number of imidazole rings is 1. The summed E-state index contributed by atoms with van der Waals surface area (Å²) in [6.45, 7) is 4.79. The summed E-state index contributed by atoms with van der Waals surface area (Å²) in [7, 11) is 0. The lowest BCUT2D eigenvalue weighted by Gasteiger charge is -2.22. The van der Waals surface area contributed by atoms with Gasteiger partial charge in [-0.2, -0.15) is 0 Å². The third-order valence-corrected chi connectivity index (χ3v) is 3.43. The summed E-state index contributed by atoms with van der Waals surface area (Å²) < 4.78 is 5.90. The van der Waals surface area contributed by atoms with Crippen molar-refractivity contribution in [2.75, 3.05) is 13.1 Å². The van der Waals surface area contributed by atoms with Crippen LogP contribution in [0.5, 0.6) is 0 Å². The van der Waals surface area contributed by atoms with Gasteiger partial charge in [0.2, 0.25) is 0 Å². The van der Waals surface area contributed by atoms with Gasteiger partial charge in [-0.3, -0.25) is 0 Å². The molecule has 3 rings (SSSR count). The third-order valence-electron chi connectivity index (χ3n) is 3.43. The van der Waals surface area contributed by atoms with Crippen LogP contribution in [0.3, 0.4) is 0 Å². The number of nitrogens with one attached hydrogen (secondary N) is 2. The lowest BCUT2D eigenvalue weighted by molar-refractivity contribution is 0.0182. The van der Waals surface area contributed by atoms with Crippen LogP contribution < -0.4 is 5.32 Å². The van der Waals surface area contributed by atoms with Gasteiger partial charge in [-0.25, -0.2) is 4.98 Å². The van der Waals surface area contributed by atoms with Gasteiger partial charge in [0.05, 0.1) is 17.1 Å². The maximum Gasteiger partial charge on any atom is 0.133 e. The molecule has 96 valence electrons. The number of aryl methyl sites for hydroxylation is 1. The maximum atomic E-state index is 5.90. The summed E-state index contributed by atoms with van der Waals surface area (Å²) in [5.74, 6) is 0.925. The molecule has 0 bridgehead atoms. The Morgan fingerprint density at radius 1 is 1.33 bits per heavy atom. The molecule has 0 aliphatic carbocycles. The highest BCUT2D eigenvalue weighted by Crippen LogP contribution is 2.15. The van der Waals surface area contributed by atoms with Crippen molar-refractivity contribution in [3.8, 4) is 0 Å². The quantitative estimate of drug-likeness (QED) is 0.871. The lowest BCUT2D eigenvalue weighted by Crippen LogP contribution is -2.32. The monoisotopic (exact) mass is 245 g/mol. The molecule has 1 aliphatic heterocycles. The second-order valence-corrected chi connectivity index (χ2v) is 4.96. The summed E-state index contributed by atoms with van der Waals surface area (Å²) in [6.07, 6.45) is 2.57. The van der Waals surface area contributed by atoms with E-state index in [4.69, 9.17) is 4.74 Å². The van der Waals surface area contributed by atoms with Crippen LogP contribution in [0.4, 0.5) is 0 Å². The van der Waals surface area contributed by atoms with E-state index in [1.165, 1.54) is 5.56 Å². The number of ether oxygens (including phenoxy) is 1. The van der Waals surface area contributed by atoms with E-state index in [2.05, 4.69) is 40.4 Å². The Morgan fingerprint density at radius 2 is 2.17 bits per heavy atom. The second-order valence-electron chi connectivity index (χ2n) is 4.96. The van der Waals surface area contributed by atoms with Gasteiger partial charge in [0.15, 0.2) is 0 Å². The molecular weight excluding hydrogens is 226 g/mol. The number of hydrogen-bond donors (Lipinski definition) is 2. The van der Waals surface area contributed by atoms with E-state index in [9.17, 15) is 0 Å². The number of piperidine rings is 1. The number of hydrogen-bond acceptors (Lipinski definition) is 3. The largest absolute Gasteiger partial charge is 0.370 e. The first-order valence-corrected chi connectivity index (χ1v) is 6.59. The number of H-pyrrole nitrogens is 1. The highest BCUT2D eigenvalue weighted by Gasteiger charge is 2.14. The molecule has 0 spiro atoms. The number of aromatic amines is 1. The van der Waals surface area contributed by atoms with Gasteiger partial charge in [0.1, 0.15) is 12.4 Å². The Morgan fingerprint density at radius 3 is 3.00 bits per heavy atom. The minimum absolute atomic E-state index is 0.376. The summed E-state index contributed by atoms with van der Waals surface area (Å²) in [5.41, 5.74) is 3.36. The van der Waals surface area contributed by atoms with Gasteiger partial charge in [-0.05, 0) is 50.6 Å². The van der Waals surface area contributed by atoms with Crippen LogP contribution in [0.1, 0.15) is 24.2 Å². The molecule has 0 saturated carbocycles. The number of fused-ring (bicyclic) bond motifs is 1. The van der Waals surface area contributed by atoms with Crippen LogP contribution in [0, 0.1) is 6.92 Å². The molecule has 4 nitrogen and oxygen atoms in total. The molecule has 1 aromatic heterocycles. The molecule has 18 heavy (non-hydrogen) atoms. The molecular formula is C14H19N3O. The topological polar surface area (TPSA) is 49.9 Å². The fourth-order valence-electron chi connectivity index (χ4n) is 2.40. The highest BCUT2D eigenvalue weighted by atomic mass is 16.5. The van der Waals surface area contributed by atoms with E-state index in [0.717, 1.165) is 42.8 Å². The smallest absolute Gasteiger partial charge is 0.133 e. The maximum absolute atomic E-state index is 5.90. The van der Waals surface area contributed by atoms with Crippen LogP contribution in [0.2, 0.25) is 0 Å². The van der Waals surface area contributed by atoms with Crippen molar-refractivity contribution in [1.82, 2.24) is 15.3 Å². The lowest BCUT2D eigenvalue weighted by atomic mass is 10.1. The van der Waals surface area contributed by atoms with Crippen LogP contribution >= 0.6 is 0 Å². The summed E-state index contributed by atoms with van der Waals surface area (Å²) in [5, 5.41) is 3.34. The molecule has 2 aromatic rings. The van der Waals surface area contributed by atoms with Crippen LogP contribution in [0.25, 0.3) is 11.0 Å². The fraction of sp³-hybridized carbons (Fsp3) is 0.500. The predicted molar refractivity (Wildman–Crippen MR) is 71.5 cm³/mol. The molecule has 2 N–H and O–H groups in total. The molecule has 0 radical (unpaired) electrons. The third kappa shape index (κ3) is 2.54. The van der Waals surface area contributed by atoms with E-state index >= 15 is 0 Å². The fourth-order valence-corrected chi connectivity index (χ4v) is 2.40. The van der Waals surface area contributed by atoms with Gasteiger partial charge in [-0.1, -0.05) is 6.07 Å². The Kier molecular flexibility index (Phi) is 3.30. The Bertz CT molecular complexity index is 529. The van der Waals surface area contributed by atoms with E-state index in [0.29, 0.717) is 12.7 Å². The zero-order valence-electron chi connectivity index (χ0n) is 10.7. The van der Waals surface area contributed by atoms with Gasteiger partial charge in [0.25, 0.3) is 0 Å². The van der Waals surface area contributed by atoms with Gasteiger partial charge < -0.3 is 15.0 Å². The van der Waals surface area contributed by atoms with Gasteiger partial charge >= 0.3 is 0 Å². The van der Waals surface area contributed by atoms with E-state index < -0.39 is 0 Å². The van der Waals surface area contributed by atoms with E-state index in [1.54, 1.807) is 0 Å². The minimum atomic E-state index is 0.376. The average Bonchev–Trinajstić information content (AvgIpc) is 2.79. The van der Waals surface area contributed by atoms with Crippen molar-refractivity contribution in [2.24, 2.45) is 0 Å². The predicted octanol–water partition coefficient (Wildman–Crippen LogP) is 2.14. The van der Waals surface area contributed by atoms with Crippen LogP contribution in [-0.4, -0.2) is 29.2 Å². The zero-order valence-corrected chi connectivity index (χ0v) is 10.7. The first-order chi connectivity index (χ1) is 8.81. The van der Waals surface area contributed by atoms with Crippen LogP contribution in [-0.2, 0) is 11.3 Å². The van der Waals surface area contributed by atoms with Crippen molar-refractivity contribution < 1.29 is 4.74 Å². The highest BCUT2D eigenvalue weighted by molar-refractivity contribution is 5.75. The number of benzene rings is 1. The second kappa shape index (κ2) is 5.08. The molecule has 0 amide bonds. The Labute approximate surface area is 107 Å². The SMILES string of the molecule is Cc1ccc2nc(COC3CCNCC3)[nH]c2c1. The van der Waals surface area contributed by atoms with Gasteiger partial charge in [0, 0.05) is 0 Å². The van der Waals surface area contributed by atoms with Crippen molar-refractivity contribution in [2.45, 2.75) is 32.5 Å². The standard InChI is InChI=1S/C14H19N3O/c1-10-2-3-12-13(8-10)17-14(16-12)9-18-11-4-6-15-7-5-11/h2-3,8,11,15H,4-7,9H2,1H3,(H,16,17). The summed E-state index contributed by atoms with van der Waals surface area (Å²) >= 11 is 0. The molecule has 1 aliphatic rings. The van der Waals surface area contributed by atoms with Crippen molar-refractivity contribution in [1.29, 1.82) is 0 Å². The molecule has 0 atom stereocenters. The molecule has 2 heterocycles. The van der Waals surface area contributed by atoms with E-state index in [-0.39, 0.29) is 0 Å². The average molecular weight is 245 g/mol. The van der Waals surface area contributed by atoms with Crippen molar-refractivity contribution in [3.05, 3.63) is 29.6 Å². The van der Waals surface area contributed by atoms with E-state index in [1.807, 2.05) is 0 Å². The molecule has 1 saturated heterocycles. The Hall–Kier alpha value is -1.39. The molecule has 4 heteroatoms. The normalized spacial score (nSPS) is 17.4. The molecule has 0 unspecified atom stereocenters. The number of rotatable bonds is 3. The zero-order chi connectivity index (χ0) is 12.4. The summed E-state index contributed by atoms with van der Waals surface area (Å²) in [4.78, 5) is 7.87. The number of nitrogens with zero attached hydrogens (tertiary/aromatic N) is 1. The summed E-state index contributed by atoms with van der Waals surface area (Å²) in [6, 6.07) is 6.26. The first-order valence-electron chi connectivity index (χ1n) is 6.59. The Balaban J connectivity index is 1.67. The van der Waals surface area contributed by atoms with Crippen molar-refractivity contribution in [3.63, 3.8) is 0 Å². The number of aromatic nitrogens is 2. The molecule has 1 aromatic carbocycles. The van der Waals surface area contributed by atoms with Crippen LogP contribution in [0.15, 0.2) is 18.2 Å². The molecule has 1 fully saturated rings.